The van der Waals surface area contributed by atoms with Gasteiger partial charge >= 0.3 is 0 Å². The van der Waals surface area contributed by atoms with Crippen molar-refractivity contribution in [3.05, 3.63) is 36.0 Å². The fourth-order valence-electron chi connectivity index (χ4n) is 5.06. The van der Waals surface area contributed by atoms with E-state index in [1.54, 1.807) is 30.5 Å². The molecule has 1 aromatic heterocycles. The molecule has 2 atom stereocenters. The van der Waals surface area contributed by atoms with E-state index in [0.717, 1.165) is 25.9 Å². The summed E-state index contributed by atoms with van der Waals surface area (Å²) in [7, 11) is -3.77. The molecule has 1 amide bonds. The number of aromatic nitrogens is 2. The lowest BCUT2D eigenvalue weighted by atomic mass is 9.93. The van der Waals surface area contributed by atoms with Crippen LogP contribution in [0.4, 0.5) is 23.1 Å². The van der Waals surface area contributed by atoms with Gasteiger partial charge in [-0.2, -0.15) is 4.98 Å². The maximum atomic E-state index is 13.5. The molecular formula is C26H36N6O5S. The molecule has 0 bridgehead atoms. The van der Waals surface area contributed by atoms with Gasteiger partial charge in [0.05, 0.1) is 36.3 Å². The Labute approximate surface area is 223 Å². The standard InChI is InChI=1S/C26H36N6O5S/c1-18-16-32(13-14-37-18)25-27-10-5-23(29-25)28-24(34)21-4-3-20(30-38(35,36)19(2)17-33)15-22(21)31-11-8-26(6-7-26)9-12-31/h3-5,10,15,18-19,30,33H,6-9,11-14,16-17H2,1-2H3,(H,27,28,29,34)/t18-,19+/m1/s1. The highest BCUT2D eigenvalue weighted by Crippen LogP contribution is 2.54. The summed E-state index contributed by atoms with van der Waals surface area (Å²) < 4.78 is 33.3. The quantitative estimate of drug-likeness (QED) is 0.458. The smallest absolute Gasteiger partial charge is 0.258 e. The van der Waals surface area contributed by atoms with Gasteiger partial charge in [-0.1, -0.05) is 0 Å². The van der Waals surface area contributed by atoms with Gasteiger partial charge < -0.3 is 25.0 Å². The van der Waals surface area contributed by atoms with Gasteiger partial charge in [-0.15, -0.1) is 0 Å². The first-order valence-electron chi connectivity index (χ1n) is 13.2. The Morgan fingerprint density at radius 2 is 1.95 bits per heavy atom. The van der Waals surface area contributed by atoms with Crippen molar-refractivity contribution in [2.45, 2.75) is 50.9 Å². The number of anilines is 4. The molecule has 38 heavy (non-hydrogen) atoms. The Hall–Kier alpha value is -2.96. The number of rotatable bonds is 8. The second-order valence-electron chi connectivity index (χ2n) is 10.7. The number of nitrogens with zero attached hydrogens (tertiary/aromatic N) is 4. The lowest BCUT2D eigenvalue weighted by Gasteiger charge is -2.35. The maximum Gasteiger partial charge on any atom is 0.258 e. The summed E-state index contributed by atoms with van der Waals surface area (Å²) in [5.74, 6) is 0.596. The van der Waals surface area contributed by atoms with E-state index < -0.39 is 21.9 Å². The van der Waals surface area contributed by atoms with Crippen molar-refractivity contribution in [3.8, 4) is 0 Å². The van der Waals surface area contributed by atoms with Crippen LogP contribution in [0.15, 0.2) is 30.5 Å². The monoisotopic (exact) mass is 544 g/mol. The van der Waals surface area contributed by atoms with E-state index in [9.17, 15) is 18.3 Å². The van der Waals surface area contributed by atoms with Crippen molar-refractivity contribution >= 4 is 39.1 Å². The number of carbonyl (C=O) groups excluding carboxylic acids is 1. The van der Waals surface area contributed by atoms with E-state index in [1.807, 2.05) is 11.8 Å². The molecule has 3 N–H and O–H groups in total. The number of nitrogens with one attached hydrogen (secondary N) is 2. The second-order valence-corrected chi connectivity index (χ2v) is 12.8. The molecule has 1 aromatic carbocycles. The molecule has 11 nitrogen and oxygen atoms in total. The average molecular weight is 545 g/mol. The van der Waals surface area contributed by atoms with Crippen molar-refractivity contribution < 1.29 is 23.1 Å². The van der Waals surface area contributed by atoms with Gasteiger partial charge in [0, 0.05) is 32.4 Å². The molecule has 2 saturated heterocycles. The van der Waals surface area contributed by atoms with Crippen LogP contribution in [0.2, 0.25) is 0 Å². The highest BCUT2D eigenvalue weighted by atomic mass is 32.2. The predicted octanol–water partition coefficient (Wildman–Crippen LogP) is 2.46. The maximum absolute atomic E-state index is 13.5. The molecule has 1 spiro atoms. The molecule has 1 saturated carbocycles. The molecule has 2 aliphatic heterocycles. The first-order chi connectivity index (χ1) is 18.2. The summed E-state index contributed by atoms with van der Waals surface area (Å²) in [6.45, 7) is 6.50. The van der Waals surface area contributed by atoms with Crippen LogP contribution >= 0.6 is 0 Å². The van der Waals surface area contributed by atoms with Crippen molar-refractivity contribution in [2.24, 2.45) is 5.41 Å². The number of morpholine rings is 1. The fraction of sp³-hybridized carbons (Fsp3) is 0.577. The van der Waals surface area contributed by atoms with Gasteiger partial charge in [0.2, 0.25) is 16.0 Å². The molecule has 1 aliphatic carbocycles. The first-order valence-corrected chi connectivity index (χ1v) is 14.8. The number of ether oxygens (including phenoxy) is 1. The van der Waals surface area contributed by atoms with Crippen LogP contribution in [0.25, 0.3) is 0 Å². The molecule has 0 unspecified atom stereocenters. The van der Waals surface area contributed by atoms with Gasteiger partial charge in [-0.3, -0.25) is 9.52 Å². The largest absolute Gasteiger partial charge is 0.395 e. The fourth-order valence-corrected chi connectivity index (χ4v) is 5.92. The number of piperidine rings is 1. The highest BCUT2D eigenvalue weighted by Gasteiger charge is 2.44. The normalized spacial score (nSPS) is 21.7. The summed E-state index contributed by atoms with van der Waals surface area (Å²) in [6, 6.07) is 6.58. The highest BCUT2D eigenvalue weighted by molar-refractivity contribution is 7.93. The van der Waals surface area contributed by atoms with E-state index >= 15 is 0 Å². The van der Waals surface area contributed by atoms with Crippen LogP contribution < -0.4 is 19.8 Å². The van der Waals surface area contributed by atoms with Gasteiger partial charge in [0.15, 0.2) is 0 Å². The number of hydrogen-bond acceptors (Lipinski definition) is 9. The number of carbonyl (C=O) groups is 1. The minimum Gasteiger partial charge on any atom is -0.395 e. The zero-order chi connectivity index (χ0) is 26.9. The Kier molecular flexibility index (Phi) is 7.47. The van der Waals surface area contributed by atoms with E-state index in [0.29, 0.717) is 53.8 Å². The predicted molar refractivity (Wildman–Crippen MR) is 146 cm³/mol. The number of benzene rings is 1. The molecular weight excluding hydrogens is 508 g/mol. The molecule has 206 valence electrons. The summed E-state index contributed by atoms with van der Waals surface area (Å²) in [6.07, 6.45) is 6.32. The molecule has 12 heteroatoms. The van der Waals surface area contributed by atoms with Crippen molar-refractivity contribution in [2.75, 3.05) is 59.2 Å². The van der Waals surface area contributed by atoms with Gasteiger partial charge in [0.25, 0.3) is 5.91 Å². The lowest BCUT2D eigenvalue weighted by molar-refractivity contribution is 0.0526. The number of amides is 1. The minimum atomic E-state index is -3.77. The SMILES string of the molecule is C[C@@H]1CN(c2nccc(NC(=O)c3ccc(NS(=O)(=O)[C@@H](C)CO)cc3N3CCC4(CC3)CC4)n2)CCO1. The Morgan fingerprint density at radius 3 is 2.63 bits per heavy atom. The molecule has 5 rings (SSSR count). The lowest BCUT2D eigenvalue weighted by Crippen LogP contribution is -2.42. The molecule has 3 fully saturated rings. The van der Waals surface area contributed by atoms with Crippen LogP contribution in [0.3, 0.4) is 0 Å². The third-order valence-electron chi connectivity index (χ3n) is 7.82. The molecule has 3 aliphatic rings. The zero-order valence-electron chi connectivity index (χ0n) is 21.9. The minimum absolute atomic E-state index is 0.0729. The van der Waals surface area contributed by atoms with Gasteiger partial charge in [0.1, 0.15) is 11.1 Å². The number of hydrogen-bond donors (Lipinski definition) is 3. The van der Waals surface area contributed by atoms with Crippen LogP contribution in [0, 0.1) is 5.41 Å². The topological polar surface area (TPSA) is 137 Å². The summed E-state index contributed by atoms with van der Waals surface area (Å²) in [5, 5.41) is 11.3. The summed E-state index contributed by atoms with van der Waals surface area (Å²) in [4.78, 5) is 26.6. The van der Waals surface area contributed by atoms with E-state index in [-0.39, 0.29) is 12.0 Å². The number of sulfonamides is 1. The average Bonchev–Trinajstić information content (AvgIpc) is 3.67. The van der Waals surface area contributed by atoms with Crippen LogP contribution in [0.5, 0.6) is 0 Å². The van der Waals surface area contributed by atoms with E-state index in [1.165, 1.54) is 19.8 Å². The Balaban J connectivity index is 1.39. The first kappa shape index (κ1) is 26.6. The molecule has 3 heterocycles. The van der Waals surface area contributed by atoms with Gasteiger partial charge in [-0.25, -0.2) is 13.4 Å². The van der Waals surface area contributed by atoms with Crippen LogP contribution in [-0.2, 0) is 14.8 Å². The Bertz CT molecular complexity index is 1270. The van der Waals surface area contributed by atoms with Crippen LogP contribution in [0.1, 0.15) is 49.9 Å². The summed E-state index contributed by atoms with van der Waals surface area (Å²) in [5.41, 5.74) is 1.92. The van der Waals surface area contributed by atoms with Crippen LogP contribution in [-0.4, -0.2) is 80.1 Å². The van der Waals surface area contributed by atoms with E-state index in [4.69, 9.17) is 4.74 Å². The third kappa shape index (κ3) is 5.87. The second kappa shape index (κ2) is 10.7. The zero-order valence-corrected chi connectivity index (χ0v) is 22.7. The third-order valence-corrected chi connectivity index (χ3v) is 9.55. The molecule has 0 radical (unpaired) electrons. The van der Waals surface area contributed by atoms with Crippen molar-refractivity contribution in [3.63, 3.8) is 0 Å². The van der Waals surface area contributed by atoms with E-state index in [2.05, 4.69) is 24.9 Å². The Morgan fingerprint density at radius 1 is 1.18 bits per heavy atom. The van der Waals surface area contributed by atoms with Gasteiger partial charge in [-0.05, 0) is 69.2 Å². The van der Waals surface area contributed by atoms with Crippen molar-refractivity contribution in [1.29, 1.82) is 0 Å². The number of aliphatic hydroxyl groups excluding tert-OH is 1. The number of aliphatic hydroxyl groups is 1. The van der Waals surface area contributed by atoms with Crippen molar-refractivity contribution in [1.82, 2.24) is 9.97 Å². The summed E-state index contributed by atoms with van der Waals surface area (Å²) >= 11 is 0. The molecule has 2 aromatic rings.